The van der Waals surface area contributed by atoms with Gasteiger partial charge in [-0.25, -0.2) is 5.01 Å². The summed E-state index contributed by atoms with van der Waals surface area (Å²) in [6.07, 6.45) is 0.805. The molecule has 0 bridgehead atoms. The molecule has 1 aromatic carbocycles. The van der Waals surface area contributed by atoms with E-state index < -0.39 is 0 Å². The number of carbonyl (C=O) groups is 1. The summed E-state index contributed by atoms with van der Waals surface area (Å²) in [5, 5.41) is 2.01. The molecule has 3 rings (SSSR count). The predicted octanol–water partition coefficient (Wildman–Crippen LogP) is 2.11. The third kappa shape index (κ3) is 3.86. The first-order valence-corrected chi connectivity index (χ1v) is 8.77. The van der Waals surface area contributed by atoms with Crippen LogP contribution in [0.15, 0.2) is 29.5 Å². The van der Waals surface area contributed by atoms with Crippen molar-refractivity contribution in [3.8, 4) is 0 Å². The molecule has 0 radical (unpaired) electrons. The molecule has 138 valence electrons. The number of nitrogens with one attached hydrogen (secondary N) is 1. The smallest absolute Gasteiger partial charge is 0.258 e. The standard InChI is InChI=1S/C16H22N4O.C3H8O/c1-10-5-6-13-12(9-10)15-14(11(2)18-19(15)3)16(21)20(13)8-4-7-17;1-3-4-2/h5-6,9,15,18H,4,7-8,17H2,1-3H3;3H2,1-2H3. The molecule has 2 aliphatic heterocycles. The second-order valence-corrected chi connectivity index (χ2v) is 6.40. The summed E-state index contributed by atoms with van der Waals surface area (Å²) in [5.74, 6) is 0.0964. The van der Waals surface area contributed by atoms with Crippen LogP contribution in [0.5, 0.6) is 0 Å². The molecule has 25 heavy (non-hydrogen) atoms. The van der Waals surface area contributed by atoms with Crippen molar-refractivity contribution < 1.29 is 9.53 Å². The molecule has 6 heteroatoms. The van der Waals surface area contributed by atoms with Crippen LogP contribution in [0, 0.1) is 6.92 Å². The van der Waals surface area contributed by atoms with Gasteiger partial charge in [-0.05, 0) is 45.4 Å². The Morgan fingerprint density at radius 3 is 2.60 bits per heavy atom. The van der Waals surface area contributed by atoms with Gasteiger partial charge in [0.15, 0.2) is 0 Å². The lowest BCUT2D eigenvalue weighted by molar-refractivity contribution is -0.116. The molecule has 1 atom stereocenters. The van der Waals surface area contributed by atoms with Gasteiger partial charge in [0.2, 0.25) is 0 Å². The third-order valence-electron chi connectivity index (χ3n) is 4.53. The van der Waals surface area contributed by atoms with E-state index in [1.807, 2.05) is 30.8 Å². The van der Waals surface area contributed by atoms with E-state index in [0.29, 0.717) is 13.1 Å². The number of anilines is 1. The van der Waals surface area contributed by atoms with E-state index >= 15 is 0 Å². The van der Waals surface area contributed by atoms with Gasteiger partial charge in [0.05, 0.1) is 11.6 Å². The van der Waals surface area contributed by atoms with E-state index in [1.165, 1.54) is 11.1 Å². The molecule has 0 aliphatic carbocycles. The fourth-order valence-electron chi connectivity index (χ4n) is 3.29. The molecule has 2 aliphatic rings. The molecule has 1 unspecified atom stereocenters. The maximum absolute atomic E-state index is 12.9. The Bertz CT molecular complexity index is 655. The average molecular weight is 346 g/mol. The van der Waals surface area contributed by atoms with Crippen molar-refractivity contribution in [3.63, 3.8) is 0 Å². The minimum atomic E-state index is 0.00141. The number of nitrogens with two attached hydrogens (primary N) is 1. The summed E-state index contributed by atoms with van der Waals surface area (Å²) >= 11 is 0. The van der Waals surface area contributed by atoms with Gasteiger partial charge in [0.1, 0.15) is 0 Å². The number of hydrogen-bond donors (Lipinski definition) is 2. The second kappa shape index (κ2) is 8.47. The normalized spacial score (nSPS) is 19.2. The van der Waals surface area contributed by atoms with Gasteiger partial charge in [-0.3, -0.25) is 4.79 Å². The molecular formula is C19H30N4O2. The van der Waals surface area contributed by atoms with Gasteiger partial charge in [-0.15, -0.1) is 0 Å². The lowest BCUT2D eigenvalue weighted by Crippen LogP contribution is -2.42. The molecule has 0 spiro atoms. The number of hydrazine groups is 1. The summed E-state index contributed by atoms with van der Waals surface area (Å²) in [4.78, 5) is 14.7. The first kappa shape index (κ1) is 19.4. The number of amides is 1. The van der Waals surface area contributed by atoms with E-state index in [2.05, 4.69) is 35.3 Å². The van der Waals surface area contributed by atoms with Gasteiger partial charge in [-0.1, -0.05) is 17.7 Å². The van der Waals surface area contributed by atoms with Crippen molar-refractivity contribution in [2.45, 2.75) is 33.2 Å². The highest BCUT2D eigenvalue weighted by Crippen LogP contribution is 2.44. The predicted molar refractivity (Wildman–Crippen MR) is 101 cm³/mol. The van der Waals surface area contributed by atoms with E-state index in [4.69, 9.17) is 5.73 Å². The molecule has 0 aromatic heterocycles. The lowest BCUT2D eigenvalue weighted by Gasteiger charge is -2.36. The minimum Gasteiger partial charge on any atom is -0.385 e. The van der Waals surface area contributed by atoms with Crippen LogP contribution < -0.4 is 16.1 Å². The number of ether oxygens (including phenoxy) is 1. The zero-order chi connectivity index (χ0) is 18.6. The van der Waals surface area contributed by atoms with Crippen LogP contribution in [-0.2, 0) is 9.53 Å². The fraction of sp³-hybridized carbons (Fsp3) is 0.526. The highest BCUT2D eigenvalue weighted by atomic mass is 16.5. The zero-order valence-electron chi connectivity index (χ0n) is 15.9. The molecule has 0 fully saturated rings. The molecule has 1 amide bonds. The van der Waals surface area contributed by atoms with Gasteiger partial charge in [-0.2, -0.15) is 0 Å². The van der Waals surface area contributed by atoms with Crippen molar-refractivity contribution in [2.24, 2.45) is 5.73 Å². The molecule has 3 N–H and O–H groups in total. The van der Waals surface area contributed by atoms with Crippen LogP contribution in [-0.4, -0.2) is 44.8 Å². The second-order valence-electron chi connectivity index (χ2n) is 6.40. The summed E-state index contributed by atoms with van der Waals surface area (Å²) in [6.45, 7) is 8.08. The number of nitrogens with zero attached hydrogens (tertiary/aromatic N) is 2. The Morgan fingerprint density at radius 1 is 1.32 bits per heavy atom. The number of fused-ring (bicyclic) bond motifs is 3. The van der Waals surface area contributed by atoms with Crippen molar-refractivity contribution >= 4 is 11.6 Å². The van der Waals surface area contributed by atoms with E-state index in [-0.39, 0.29) is 11.9 Å². The number of benzene rings is 1. The monoisotopic (exact) mass is 346 g/mol. The van der Waals surface area contributed by atoms with Crippen LogP contribution in [0.4, 0.5) is 5.69 Å². The molecule has 6 nitrogen and oxygen atoms in total. The summed E-state index contributed by atoms with van der Waals surface area (Å²) in [7, 11) is 3.66. The zero-order valence-corrected chi connectivity index (χ0v) is 15.9. The Kier molecular flexibility index (Phi) is 6.58. The highest BCUT2D eigenvalue weighted by Gasteiger charge is 2.42. The lowest BCUT2D eigenvalue weighted by atomic mass is 9.89. The van der Waals surface area contributed by atoms with Gasteiger partial charge in [0, 0.05) is 38.7 Å². The van der Waals surface area contributed by atoms with Crippen molar-refractivity contribution in [1.82, 2.24) is 10.4 Å². The Balaban J connectivity index is 0.000000511. The molecule has 0 saturated heterocycles. The first-order chi connectivity index (χ1) is 12.0. The first-order valence-electron chi connectivity index (χ1n) is 8.77. The van der Waals surface area contributed by atoms with Crippen molar-refractivity contribution in [3.05, 3.63) is 40.6 Å². The topological polar surface area (TPSA) is 70.8 Å². The van der Waals surface area contributed by atoms with Crippen LogP contribution in [0.3, 0.4) is 0 Å². The Hall–Kier alpha value is -1.89. The number of allylic oxidation sites excluding steroid dienone is 1. The van der Waals surface area contributed by atoms with Crippen LogP contribution in [0.1, 0.15) is 37.4 Å². The van der Waals surface area contributed by atoms with Crippen molar-refractivity contribution in [2.75, 3.05) is 38.8 Å². The SMILES string of the molecule is CC1=C2C(=O)N(CCCN)c3ccc(C)cc3C2N(C)N1.CCOC. The summed E-state index contributed by atoms with van der Waals surface area (Å²) in [6, 6.07) is 6.29. The minimum absolute atomic E-state index is 0.00141. The number of methoxy groups -OCH3 is 1. The van der Waals surface area contributed by atoms with Crippen LogP contribution in [0.2, 0.25) is 0 Å². The average Bonchev–Trinajstić information content (AvgIpc) is 2.90. The van der Waals surface area contributed by atoms with Gasteiger partial charge >= 0.3 is 0 Å². The molecule has 2 heterocycles. The van der Waals surface area contributed by atoms with Gasteiger partial charge < -0.3 is 20.8 Å². The molecule has 0 saturated carbocycles. The van der Waals surface area contributed by atoms with Gasteiger partial charge in [0.25, 0.3) is 5.91 Å². The fourth-order valence-corrected chi connectivity index (χ4v) is 3.29. The van der Waals surface area contributed by atoms with Crippen molar-refractivity contribution in [1.29, 1.82) is 0 Å². The third-order valence-corrected chi connectivity index (χ3v) is 4.53. The van der Waals surface area contributed by atoms with Crippen LogP contribution >= 0.6 is 0 Å². The van der Waals surface area contributed by atoms with E-state index in [9.17, 15) is 4.79 Å². The number of likely N-dealkylation sites (N-methyl/N-ethyl adjacent to an activating group) is 1. The maximum Gasteiger partial charge on any atom is 0.258 e. The number of rotatable bonds is 4. The number of hydrogen-bond acceptors (Lipinski definition) is 5. The number of aryl methyl sites for hydroxylation is 1. The highest BCUT2D eigenvalue weighted by molar-refractivity contribution is 6.10. The number of carbonyl (C=O) groups excluding carboxylic acids is 1. The van der Waals surface area contributed by atoms with E-state index in [1.54, 1.807) is 7.11 Å². The van der Waals surface area contributed by atoms with E-state index in [0.717, 1.165) is 30.0 Å². The summed E-state index contributed by atoms with van der Waals surface area (Å²) in [5.41, 5.74) is 14.1. The molecular weight excluding hydrogens is 316 g/mol. The summed E-state index contributed by atoms with van der Waals surface area (Å²) < 4.78 is 4.54. The van der Waals surface area contributed by atoms with Crippen LogP contribution in [0.25, 0.3) is 0 Å². The molecule has 1 aromatic rings. The largest absolute Gasteiger partial charge is 0.385 e. The Morgan fingerprint density at radius 2 is 2.00 bits per heavy atom. The Labute approximate surface area is 150 Å². The maximum atomic E-state index is 12.9. The quantitative estimate of drug-likeness (QED) is 0.874.